The lowest BCUT2D eigenvalue weighted by molar-refractivity contribution is 0.355. The van der Waals surface area contributed by atoms with Crippen molar-refractivity contribution in [2.45, 2.75) is 0 Å². The molecule has 1 aromatic heterocycles. The molecule has 0 bridgehead atoms. The van der Waals surface area contributed by atoms with Crippen molar-refractivity contribution in [2.75, 3.05) is 21.3 Å². The van der Waals surface area contributed by atoms with Crippen molar-refractivity contribution in [2.24, 2.45) is 0 Å². The lowest BCUT2D eigenvalue weighted by atomic mass is 10.2. The van der Waals surface area contributed by atoms with Gasteiger partial charge in [-0.2, -0.15) is 0 Å². The highest BCUT2D eigenvalue weighted by Gasteiger charge is 2.12. The van der Waals surface area contributed by atoms with E-state index in [0.717, 1.165) is 10.0 Å². The van der Waals surface area contributed by atoms with Crippen LogP contribution in [-0.2, 0) is 0 Å². The van der Waals surface area contributed by atoms with Crippen molar-refractivity contribution in [3.05, 3.63) is 56.5 Å². The van der Waals surface area contributed by atoms with Crippen LogP contribution in [-0.4, -0.2) is 31.3 Å². The minimum Gasteiger partial charge on any atom is -0.496 e. The first-order valence-corrected chi connectivity index (χ1v) is 9.01. The Kier molecular flexibility index (Phi) is 5.72. The van der Waals surface area contributed by atoms with Gasteiger partial charge in [-0.15, -0.1) is 0 Å². The Labute approximate surface area is 168 Å². The maximum Gasteiger partial charge on any atom is 0.259 e. The predicted molar refractivity (Wildman–Crippen MR) is 110 cm³/mol. The Morgan fingerprint density at radius 3 is 2.37 bits per heavy atom. The van der Waals surface area contributed by atoms with Gasteiger partial charge in [-0.05, 0) is 45.8 Å². The largest absolute Gasteiger partial charge is 0.496 e. The molecule has 27 heavy (non-hydrogen) atoms. The molecule has 0 aliphatic heterocycles. The molecule has 0 saturated heterocycles. The summed E-state index contributed by atoms with van der Waals surface area (Å²) in [5, 5.41) is 0.675. The monoisotopic (exact) mass is 450 g/mol. The van der Waals surface area contributed by atoms with Crippen LogP contribution in [0.5, 0.6) is 17.2 Å². The van der Waals surface area contributed by atoms with E-state index in [1.807, 2.05) is 18.2 Å². The van der Waals surface area contributed by atoms with Gasteiger partial charge in [0.25, 0.3) is 5.56 Å². The maximum atomic E-state index is 12.5. The highest BCUT2D eigenvalue weighted by atomic mass is 79.9. The Hall–Kier alpha value is -2.51. The molecular weight excluding hydrogens is 436 g/mol. The molecule has 140 valence electrons. The van der Waals surface area contributed by atoms with Crippen LogP contribution in [0.1, 0.15) is 11.4 Å². The van der Waals surface area contributed by atoms with Gasteiger partial charge in [0.1, 0.15) is 5.75 Å². The molecule has 0 aliphatic rings. The van der Waals surface area contributed by atoms with E-state index in [-0.39, 0.29) is 11.4 Å². The third kappa shape index (κ3) is 3.94. The number of hydrogen-bond donors (Lipinski definition) is 1. The van der Waals surface area contributed by atoms with Gasteiger partial charge in [0.15, 0.2) is 17.3 Å². The van der Waals surface area contributed by atoms with E-state index in [1.165, 1.54) is 14.2 Å². The van der Waals surface area contributed by atoms with E-state index < -0.39 is 0 Å². The van der Waals surface area contributed by atoms with Gasteiger partial charge < -0.3 is 19.2 Å². The fourth-order valence-electron chi connectivity index (χ4n) is 2.57. The molecule has 0 unspecified atom stereocenters. The average molecular weight is 452 g/mol. The zero-order valence-electron chi connectivity index (χ0n) is 14.8. The van der Waals surface area contributed by atoms with Gasteiger partial charge in [-0.25, -0.2) is 4.98 Å². The maximum absolute atomic E-state index is 12.5. The summed E-state index contributed by atoms with van der Waals surface area (Å²) >= 11 is 9.83. The van der Waals surface area contributed by atoms with Crippen LogP contribution >= 0.6 is 27.5 Å². The van der Waals surface area contributed by atoms with Crippen LogP contribution in [0.4, 0.5) is 0 Å². The Morgan fingerprint density at radius 1 is 1.07 bits per heavy atom. The second kappa shape index (κ2) is 8.02. The second-order valence-corrected chi connectivity index (χ2v) is 6.79. The second-order valence-electron chi connectivity index (χ2n) is 5.53. The lowest BCUT2D eigenvalue weighted by Crippen LogP contribution is -2.11. The van der Waals surface area contributed by atoms with Crippen molar-refractivity contribution < 1.29 is 14.2 Å². The van der Waals surface area contributed by atoms with Gasteiger partial charge in [0.05, 0.1) is 41.7 Å². The number of H-pyrrole nitrogens is 1. The van der Waals surface area contributed by atoms with Gasteiger partial charge >= 0.3 is 0 Å². The van der Waals surface area contributed by atoms with Crippen molar-refractivity contribution in [3.63, 3.8) is 0 Å². The highest BCUT2D eigenvalue weighted by Crippen LogP contribution is 2.31. The lowest BCUT2D eigenvalue weighted by Gasteiger charge is -2.09. The van der Waals surface area contributed by atoms with Crippen molar-refractivity contribution in [1.29, 1.82) is 0 Å². The summed E-state index contributed by atoms with van der Waals surface area (Å²) in [6, 6.07) is 8.74. The first kappa shape index (κ1) is 19.3. The normalized spacial score (nSPS) is 11.5. The van der Waals surface area contributed by atoms with Crippen molar-refractivity contribution in [1.82, 2.24) is 9.97 Å². The van der Waals surface area contributed by atoms with Crippen molar-refractivity contribution >= 4 is 49.5 Å². The Bertz CT molecular complexity index is 1090. The fraction of sp³-hybridized carbons (Fsp3) is 0.158. The summed E-state index contributed by atoms with van der Waals surface area (Å²) < 4.78 is 16.5. The predicted octanol–water partition coefficient (Wildman–Crippen LogP) is 4.45. The molecule has 1 N–H and O–H groups in total. The quantitative estimate of drug-likeness (QED) is 0.620. The molecule has 0 fully saturated rings. The SMILES string of the molecule is COc1ccc(/C=C(\Cl)c2nc3cc(OC)c(OC)cc3c(=O)[nH]2)cc1Br. The standard InChI is InChI=1S/C19H16BrClN2O4/c1-25-15-5-4-10(6-12(15)20)7-13(21)18-22-14-9-17(27-3)16(26-2)8-11(14)19(24)23-18/h4-9H,1-3H3,(H,22,23,24)/b13-7-. The molecule has 0 spiro atoms. The van der Waals surface area contributed by atoms with E-state index in [4.69, 9.17) is 25.8 Å². The summed E-state index contributed by atoms with van der Waals surface area (Å²) in [5.74, 6) is 1.90. The highest BCUT2D eigenvalue weighted by molar-refractivity contribution is 9.10. The fourth-order valence-corrected chi connectivity index (χ4v) is 3.34. The number of benzene rings is 2. The van der Waals surface area contributed by atoms with E-state index in [2.05, 4.69) is 25.9 Å². The number of aromatic nitrogens is 2. The number of rotatable bonds is 5. The van der Waals surface area contributed by atoms with Crippen LogP contribution in [0.15, 0.2) is 39.6 Å². The number of halogens is 2. The number of nitrogens with zero attached hydrogens (tertiary/aromatic N) is 1. The number of aromatic amines is 1. The molecule has 3 rings (SSSR count). The molecule has 1 heterocycles. The minimum absolute atomic E-state index is 0.258. The topological polar surface area (TPSA) is 73.4 Å². The van der Waals surface area contributed by atoms with E-state index in [1.54, 1.807) is 25.3 Å². The van der Waals surface area contributed by atoms with E-state index >= 15 is 0 Å². The molecule has 0 aliphatic carbocycles. The minimum atomic E-state index is -0.321. The summed E-state index contributed by atoms with van der Waals surface area (Å²) in [6.07, 6.45) is 1.70. The molecular formula is C19H16BrClN2O4. The van der Waals surface area contributed by atoms with Crippen LogP contribution in [0.3, 0.4) is 0 Å². The number of nitrogens with one attached hydrogen (secondary N) is 1. The number of ether oxygens (including phenoxy) is 3. The molecule has 0 radical (unpaired) electrons. The number of hydrogen-bond acceptors (Lipinski definition) is 5. The molecule has 3 aromatic rings. The Balaban J connectivity index is 2.08. The molecule has 0 saturated carbocycles. The molecule has 2 aromatic carbocycles. The number of fused-ring (bicyclic) bond motifs is 1. The third-order valence-electron chi connectivity index (χ3n) is 3.91. The molecule has 0 atom stereocenters. The van der Waals surface area contributed by atoms with E-state index in [9.17, 15) is 4.79 Å². The van der Waals surface area contributed by atoms with Crippen LogP contribution in [0.2, 0.25) is 0 Å². The summed E-state index contributed by atoms with van der Waals surface area (Å²) in [5.41, 5.74) is 0.954. The third-order valence-corrected chi connectivity index (χ3v) is 4.81. The molecule has 8 heteroatoms. The van der Waals surface area contributed by atoms with Gasteiger partial charge in [0, 0.05) is 6.07 Å². The van der Waals surface area contributed by atoms with Crippen LogP contribution in [0, 0.1) is 0 Å². The Morgan fingerprint density at radius 2 is 1.74 bits per heavy atom. The van der Waals surface area contributed by atoms with Gasteiger partial charge in [0.2, 0.25) is 0 Å². The molecule has 6 nitrogen and oxygen atoms in total. The number of methoxy groups -OCH3 is 3. The zero-order chi connectivity index (χ0) is 19.6. The zero-order valence-corrected chi connectivity index (χ0v) is 17.1. The van der Waals surface area contributed by atoms with Crippen LogP contribution in [0.25, 0.3) is 22.0 Å². The van der Waals surface area contributed by atoms with Crippen LogP contribution < -0.4 is 19.8 Å². The van der Waals surface area contributed by atoms with Gasteiger partial charge in [-0.3, -0.25) is 4.79 Å². The summed E-state index contributed by atoms with van der Waals surface area (Å²) in [7, 11) is 4.62. The first-order chi connectivity index (χ1) is 13.0. The summed E-state index contributed by atoms with van der Waals surface area (Å²) in [6.45, 7) is 0. The smallest absolute Gasteiger partial charge is 0.259 e. The average Bonchev–Trinajstić information content (AvgIpc) is 2.67. The first-order valence-electron chi connectivity index (χ1n) is 7.84. The van der Waals surface area contributed by atoms with E-state index in [0.29, 0.717) is 33.2 Å². The van der Waals surface area contributed by atoms with Gasteiger partial charge in [-0.1, -0.05) is 17.7 Å². The summed E-state index contributed by atoms with van der Waals surface area (Å²) in [4.78, 5) is 19.6. The van der Waals surface area contributed by atoms with Crippen molar-refractivity contribution in [3.8, 4) is 17.2 Å². The molecule has 0 amide bonds.